The first-order valence-electron chi connectivity index (χ1n) is 5.16. The highest BCUT2D eigenvalue weighted by atomic mass is 19.4. The highest BCUT2D eigenvalue weighted by Crippen LogP contribution is 2.34. The summed E-state index contributed by atoms with van der Waals surface area (Å²) in [6.45, 7) is 3.64. The fraction of sp³-hybridized carbons (Fsp3) is 0.417. The molecule has 92 valence electrons. The van der Waals surface area contributed by atoms with Gasteiger partial charge >= 0.3 is 6.18 Å². The van der Waals surface area contributed by atoms with E-state index in [1.807, 2.05) is 6.92 Å². The minimum Gasteiger partial charge on any atom is -0.491 e. The maximum Gasteiger partial charge on any atom is 0.417 e. The Hall–Kier alpha value is -1.70. The van der Waals surface area contributed by atoms with Crippen LogP contribution in [-0.2, 0) is 6.18 Å². The Morgan fingerprint density at radius 2 is 2.06 bits per heavy atom. The van der Waals surface area contributed by atoms with Gasteiger partial charge < -0.3 is 4.74 Å². The number of hydrogen-bond donors (Lipinski definition) is 0. The average molecular weight is 243 g/mol. The summed E-state index contributed by atoms with van der Waals surface area (Å²) in [6.07, 6.45) is -4.01. The molecule has 0 radical (unpaired) electrons. The van der Waals surface area contributed by atoms with E-state index in [1.165, 1.54) is 12.1 Å². The molecule has 1 aromatic rings. The maximum atomic E-state index is 12.6. The van der Waals surface area contributed by atoms with E-state index in [2.05, 4.69) is 0 Å². The summed E-state index contributed by atoms with van der Waals surface area (Å²) >= 11 is 0. The topological polar surface area (TPSA) is 33.0 Å². The van der Waals surface area contributed by atoms with E-state index in [1.54, 1.807) is 6.92 Å². The van der Waals surface area contributed by atoms with E-state index in [9.17, 15) is 13.2 Å². The van der Waals surface area contributed by atoms with Crippen molar-refractivity contribution >= 4 is 0 Å². The summed E-state index contributed by atoms with van der Waals surface area (Å²) in [6, 6.07) is 4.89. The van der Waals surface area contributed by atoms with E-state index in [0.717, 1.165) is 12.1 Å². The van der Waals surface area contributed by atoms with Crippen LogP contribution in [0.4, 0.5) is 13.2 Å². The first kappa shape index (κ1) is 13.4. The highest BCUT2D eigenvalue weighted by molar-refractivity contribution is 5.44. The van der Waals surface area contributed by atoms with E-state index < -0.39 is 17.3 Å². The third-order valence-corrected chi connectivity index (χ3v) is 2.33. The Morgan fingerprint density at radius 1 is 1.41 bits per heavy atom. The van der Waals surface area contributed by atoms with Gasteiger partial charge in [-0.25, -0.2) is 0 Å². The molecule has 0 N–H and O–H groups in total. The van der Waals surface area contributed by atoms with E-state index >= 15 is 0 Å². The van der Waals surface area contributed by atoms with Gasteiger partial charge in [0.15, 0.2) is 0 Å². The lowest BCUT2D eigenvalue weighted by Gasteiger charge is -2.15. The molecule has 0 amide bonds. The minimum atomic E-state index is -4.54. The molecule has 2 nitrogen and oxygen atoms in total. The lowest BCUT2D eigenvalue weighted by Crippen LogP contribution is -2.12. The molecule has 1 atom stereocenters. The van der Waals surface area contributed by atoms with Gasteiger partial charge in [0.05, 0.1) is 23.3 Å². The predicted octanol–water partition coefficient (Wildman–Crippen LogP) is 3.75. The molecule has 0 spiro atoms. The number of benzene rings is 1. The number of nitrogens with zero attached hydrogens (tertiary/aromatic N) is 1. The minimum absolute atomic E-state index is 0.130. The molecule has 0 aliphatic carbocycles. The summed E-state index contributed by atoms with van der Waals surface area (Å²) in [5.41, 5.74) is -1.35. The molecule has 1 aromatic carbocycles. The third kappa shape index (κ3) is 3.38. The summed E-state index contributed by atoms with van der Waals surface area (Å²) in [5, 5.41) is 8.61. The number of hydrogen-bond acceptors (Lipinski definition) is 2. The molecule has 5 heteroatoms. The number of alkyl halides is 3. The molecule has 0 heterocycles. The normalized spacial score (nSPS) is 12.9. The Morgan fingerprint density at radius 3 is 2.53 bits per heavy atom. The quantitative estimate of drug-likeness (QED) is 0.809. The van der Waals surface area contributed by atoms with Crippen molar-refractivity contribution in [2.75, 3.05) is 0 Å². The summed E-state index contributed by atoms with van der Waals surface area (Å²) in [4.78, 5) is 0. The Bertz CT molecular complexity index is 434. The molecular formula is C12H12F3NO. The van der Waals surface area contributed by atoms with E-state index in [0.29, 0.717) is 6.42 Å². The first-order chi connectivity index (χ1) is 7.88. The lowest BCUT2D eigenvalue weighted by molar-refractivity contribution is -0.137. The number of nitriles is 1. The van der Waals surface area contributed by atoms with E-state index in [4.69, 9.17) is 10.00 Å². The first-order valence-corrected chi connectivity index (χ1v) is 5.16. The Balaban J connectivity index is 3.11. The van der Waals surface area contributed by atoms with Crippen molar-refractivity contribution in [2.45, 2.75) is 32.5 Å². The molecule has 0 aliphatic heterocycles. The highest BCUT2D eigenvalue weighted by Gasteiger charge is 2.34. The molecule has 1 rings (SSSR count). The fourth-order valence-electron chi connectivity index (χ4n) is 1.24. The molecular weight excluding hydrogens is 231 g/mol. The molecule has 1 unspecified atom stereocenters. The smallest absolute Gasteiger partial charge is 0.417 e. The Kier molecular flexibility index (Phi) is 4.00. The fourth-order valence-corrected chi connectivity index (χ4v) is 1.24. The predicted molar refractivity (Wildman–Crippen MR) is 56.5 cm³/mol. The van der Waals surface area contributed by atoms with Crippen molar-refractivity contribution in [1.82, 2.24) is 0 Å². The SMILES string of the molecule is CCC(C)Oc1ccc(C#N)c(C(F)(F)F)c1. The van der Waals surface area contributed by atoms with Crippen molar-refractivity contribution in [2.24, 2.45) is 0 Å². The zero-order chi connectivity index (χ0) is 13.1. The van der Waals surface area contributed by atoms with Gasteiger partial charge in [0.2, 0.25) is 0 Å². The number of halogens is 3. The van der Waals surface area contributed by atoms with Crippen LogP contribution in [0.1, 0.15) is 31.4 Å². The molecule has 0 aliphatic rings. The van der Waals surface area contributed by atoms with Crippen LogP contribution in [-0.4, -0.2) is 6.10 Å². The monoisotopic (exact) mass is 243 g/mol. The standard InChI is InChI=1S/C12H12F3NO/c1-3-8(2)17-10-5-4-9(7-16)11(6-10)12(13,14)15/h4-6,8H,3H2,1-2H3. The van der Waals surface area contributed by atoms with Crippen molar-refractivity contribution in [1.29, 1.82) is 5.26 Å². The average Bonchev–Trinajstić information content (AvgIpc) is 2.27. The van der Waals surface area contributed by atoms with Crippen LogP contribution in [0.3, 0.4) is 0 Å². The van der Waals surface area contributed by atoms with Gasteiger partial charge in [-0.05, 0) is 31.5 Å². The van der Waals surface area contributed by atoms with Gasteiger partial charge in [0, 0.05) is 0 Å². The molecule has 0 bridgehead atoms. The second-order valence-corrected chi connectivity index (χ2v) is 3.65. The van der Waals surface area contributed by atoms with Crippen LogP contribution in [0.25, 0.3) is 0 Å². The number of ether oxygens (including phenoxy) is 1. The van der Waals surface area contributed by atoms with Crippen molar-refractivity contribution < 1.29 is 17.9 Å². The lowest BCUT2D eigenvalue weighted by atomic mass is 10.1. The molecule has 0 aromatic heterocycles. The van der Waals surface area contributed by atoms with Crippen LogP contribution in [0.15, 0.2) is 18.2 Å². The van der Waals surface area contributed by atoms with E-state index in [-0.39, 0.29) is 11.9 Å². The zero-order valence-electron chi connectivity index (χ0n) is 9.51. The zero-order valence-corrected chi connectivity index (χ0v) is 9.51. The van der Waals surface area contributed by atoms with Crippen LogP contribution < -0.4 is 4.74 Å². The van der Waals surface area contributed by atoms with Crippen molar-refractivity contribution in [3.05, 3.63) is 29.3 Å². The van der Waals surface area contributed by atoms with Gasteiger partial charge in [-0.1, -0.05) is 6.92 Å². The van der Waals surface area contributed by atoms with Crippen LogP contribution in [0, 0.1) is 11.3 Å². The van der Waals surface area contributed by atoms with Gasteiger partial charge in [0.25, 0.3) is 0 Å². The van der Waals surface area contributed by atoms with Gasteiger partial charge in [-0.3, -0.25) is 0 Å². The third-order valence-electron chi connectivity index (χ3n) is 2.33. The number of rotatable bonds is 3. The van der Waals surface area contributed by atoms with Gasteiger partial charge in [0.1, 0.15) is 5.75 Å². The Labute approximate surface area is 97.6 Å². The molecule has 17 heavy (non-hydrogen) atoms. The summed E-state index contributed by atoms with van der Waals surface area (Å²) in [5.74, 6) is 0.130. The second-order valence-electron chi connectivity index (χ2n) is 3.65. The largest absolute Gasteiger partial charge is 0.491 e. The van der Waals surface area contributed by atoms with Crippen molar-refractivity contribution in [3.63, 3.8) is 0 Å². The van der Waals surface area contributed by atoms with Crippen LogP contribution >= 0.6 is 0 Å². The van der Waals surface area contributed by atoms with Crippen LogP contribution in [0.5, 0.6) is 5.75 Å². The second kappa shape index (κ2) is 5.09. The van der Waals surface area contributed by atoms with Gasteiger partial charge in [-0.2, -0.15) is 18.4 Å². The van der Waals surface area contributed by atoms with Crippen molar-refractivity contribution in [3.8, 4) is 11.8 Å². The van der Waals surface area contributed by atoms with Gasteiger partial charge in [-0.15, -0.1) is 0 Å². The molecule has 0 fully saturated rings. The molecule has 0 saturated carbocycles. The molecule has 0 saturated heterocycles. The summed E-state index contributed by atoms with van der Waals surface area (Å²) < 4.78 is 43.2. The maximum absolute atomic E-state index is 12.6. The van der Waals surface area contributed by atoms with Crippen LogP contribution in [0.2, 0.25) is 0 Å². The summed E-state index contributed by atoms with van der Waals surface area (Å²) in [7, 11) is 0.